The number of ether oxygens (including phenoxy) is 1. The molecule has 1 fully saturated rings. The molecule has 1 saturated heterocycles. The molecule has 0 atom stereocenters. The molecule has 154 valence electrons. The van der Waals surface area contributed by atoms with Crippen LogP contribution < -0.4 is 15.4 Å². The molecule has 2 aromatic rings. The summed E-state index contributed by atoms with van der Waals surface area (Å²) in [4.78, 5) is 49.9. The molecule has 0 spiro atoms. The van der Waals surface area contributed by atoms with E-state index in [-0.39, 0.29) is 33.6 Å². The number of fused-ring (bicyclic) bond motifs is 1. The first-order valence-electron chi connectivity index (χ1n) is 9.15. The quantitative estimate of drug-likeness (QED) is 0.252. The fourth-order valence-electron chi connectivity index (χ4n) is 3.07. The molecule has 0 saturated carbocycles. The molecule has 2 aromatic carbocycles. The van der Waals surface area contributed by atoms with Crippen LogP contribution in [0.1, 0.15) is 22.8 Å². The molecule has 2 heterocycles. The van der Waals surface area contributed by atoms with Gasteiger partial charge in [0.2, 0.25) is 11.7 Å². The molecule has 31 heavy (non-hydrogen) atoms. The molecule has 2 amide bonds. The molecule has 2 aliphatic heterocycles. The SMILES string of the molecule is CC(=O)Nc1ccc(C=C2NC(=S)N(/C=C3\C(=O)Oc4ccccc4C3=O)C2=O)cc1. The number of carbonyl (C=O) groups is 4. The van der Waals surface area contributed by atoms with E-state index in [1.54, 1.807) is 42.5 Å². The van der Waals surface area contributed by atoms with Crippen molar-refractivity contribution in [1.29, 1.82) is 0 Å². The molecule has 0 aliphatic carbocycles. The lowest BCUT2D eigenvalue weighted by atomic mass is 10.0. The number of rotatable bonds is 3. The van der Waals surface area contributed by atoms with Gasteiger partial charge >= 0.3 is 5.97 Å². The summed E-state index contributed by atoms with van der Waals surface area (Å²) in [5, 5.41) is 5.46. The number of Topliss-reactive ketones (excluding diaryl/α,β-unsaturated/α-hetero) is 1. The number of nitrogens with one attached hydrogen (secondary N) is 2. The first-order chi connectivity index (χ1) is 14.8. The average Bonchev–Trinajstić information content (AvgIpc) is 2.99. The lowest BCUT2D eigenvalue weighted by molar-refractivity contribution is -0.130. The number of thiocarbonyl (C=S) groups is 1. The minimum atomic E-state index is -0.856. The number of hydrogen-bond donors (Lipinski definition) is 2. The molecule has 0 bridgehead atoms. The molecular formula is C22H15N3O5S. The Labute approximate surface area is 182 Å². The summed E-state index contributed by atoms with van der Waals surface area (Å²) in [6.07, 6.45) is 2.67. The summed E-state index contributed by atoms with van der Waals surface area (Å²) in [5.74, 6) is -1.95. The van der Waals surface area contributed by atoms with Gasteiger partial charge in [0.1, 0.15) is 17.0 Å². The topological polar surface area (TPSA) is 105 Å². The highest BCUT2D eigenvalue weighted by atomic mass is 32.1. The Morgan fingerprint density at radius 2 is 1.81 bits per heavy atom. The predicted molar refractivity (Wildman–Crippen MR) is 116 cm³/mol. The Morgan fingerprint density at radius 3 is 2.52 bits per heavy atom. The van der Waals surface area contributed by atoms with Crippen molar-refractivity contribution < 1.29 is 23.9 Å². The second-order valence-corrected chi connectivity index (χ2v) is 7.11. The van der Waals surface area contributed by atoms with Crippen molar-refractivity contribution in [2.24, 2.45) is 0 Å². The monoisotopic (exact) mass is 433 g/mol. The van der Waals surface area contributed by atoms with Gasteiger partial charge in [-0.3, -0.25) is 19.3 Å². The molecule has 0 aromatic heterocycles. The van der Waals surface area contributed by atoms with E-state index in [0.29, 0.717) is 11.3 Å². The van der Waals surface area contributed by atoms with Gasteiger partial charge in [0, 0.05) is 18.8 Å². The minimum absolute atomic E-state index is 0.0260. The first-order valence-corrected chi connectivity index (χ1v) is 9.56. The van der Waals surface area contributed by atoms with Gasteiger partial charge in [0.15, 0.2) is 5.11 Å². The number of carbonyl (C=O) groups excluding carboxylic acids is 4. The molecule has 0 unspecified atom stereocenters. The molecule has 2 N–H and O–H groups in total. The van der Waals surface area contributed by atoms with Crippen LogP contribution in [0.25, 0.3) is 6.08 Å². The fraction of sp³-hybridized carbons (Fsp3) is 0.0455. The molecule has 4 rings (SSSR count). The van der Waals surface area contributed by atoms with Gasteiger partial charge in [-0.25, -0.2) is 4.79 Å². The first kappa shape index (κ1) is 20.2. The number of nitrogens with zero attached hydrogens (tertiary/aromatic N) is 1. The average molecular weight is 433 g/mol. The van der Waals surface area contributed by atoms with E-state index in [0.717, 1.165) is 11.1 Å². The Bertz CT molecular complexity index is 1210. The maximum absolute atomic E-state index is 12.8. The van der Waals surface area contributed by atoms with E-state index in [1.807, 2.05) is 0 Å². The zero-order valence-corrected chi connectivity index (χ0v) is 17.0. The fourth-order valence-corrected chi connectivity index (χ4v) is 3.32. The molecule has 8 nitrogen and oxygen atoms in total. The van der Waals surface area contributed by atoms with Crippen LogP contribution in [0.2, 0.25) is 0 Å². The normalized spacial score (nSPS) is 18.2. The summed E-state index contributed by atoms with van der Waals surface area (Å²) in [6.45, 7) is 1.41. The van der Waals surface area contributed by atoms with Crippen molar-refractivity contribution in [1.82, 2.24) is 10.2 Å². The minimum Gasteiger partial charge on any atom is -0.422 e. The number of amides is 2. The van der Waals surface area contributed by atoms with Gasteiger partial charge in [0.05, 0.1) is 5.56 Å². The summed E-state index contributed by atoms with van der Waals surface area (Å²) < 4.78 is 5.18. The van der Waals surface area contributed by atoms with Crippen molar-refractivity contribution in [3.05, 3.63) is 77.1 Å². The number of ketones is 1. The number of hydrogen-bond acceptors (Lipinski definition) is 6. The van der Waals surface area contributed by atoms with Crippen LogP contribution in [0.5, 0.6) is 5.75 Å². The van der Waals surface area contributed by atoms with Crippen LogP contribution in [0, 0.1) is 0 Å². The Morgan fingerprint density at radius 1 is 1.10 bits per heavy atom. The van der Waals surface area contributed by atoms with Crippen molar-refractivity contribution in [2.75, 3.05) is 5.32 Å². The lowest BCUT2D eigenvalue weighted by Crippen LogP contribution is -2.31. The third-order valence-corrected chi connectivity index (χ3v) is 4.81. The van der Waals surface area contributed by atoms with Gasteiger partial charge in [-0.15, -0.1) is 0 Å². The highest BCUT2D eigenvalue weighted by molar-refractivity contribution is 7.80. The Hall–Kier alpha value is -4.11. The van der Waals surface area contributed by atoms with Crippen molar-refractivity contribution in [2.45, 2.75) is 6.92 Å². The van der Waals surface area contributed by atoms with Crippen LogP contribution >= 0.6 is 12.2 Å². The standard InChI is InChI=1S/C22H15N3O5S/c1-12(26)23-14-8-6-13(7-9-14)10-17-20(28)25(22(31)24-17)11-16-19(27)15-4-2-3-5-18(15)30-21(16)29/h2-11H,1H3,(H,23,26)(H,24,31)/b16-11-,17-10?. The zero-order chi connectivity index (χ0) is 22.1. The number of esters is 1. The van der Waals surface area contributed by atoms with Crippen LogP contribution in [0.15, 0.2) is 66.0 Å². The van der Waals surface area contributed by atoms with Crippen molar-refractivity contribution in [3.63, 3.8) is 0 Å². The summed E-state index contributed by atoms with van der Waals surface area (Å²) in [7, 11) is 0. The number of anilines is 1. The summed E-state index contributed by atoms with van der Waals surface area (Å²) >= 11 is 5.20. The number of para-hydroxylation sites is 1. The van der Waals surface area contributed by atoms with Gasteiger partial charge in [0.25, 0.3) is 5.91 Å². The van der Waals surface area contributed by atoms with E-state index in [2.05, 4.69) is 10.6 Å². The van der Waals surface area contributed by atoms with Crippen LogP contribution in [0.4, 0.5) is 5.69 Å². The predicted octanol–water partition coefficient (Wildman–Crippen LogP) is 2.39. The van der Waals surface area contributed by atoms with E-state index in [9.17, 15) is 19.2 Å². The zero-order valence-electron chi connectivity index (χ0n) is 16.2. The van der Waals surface area contributed by atoms with Crippen LogP contribution in [-0.4, -0.2) is 33.6 Å². The molecule has 0 radical (unpaired) electrons. The second kappa shape index (κ2) is 7.96. The smallest absolute Gasteiger partial charge is 0.349 e. The van der Waals surface area contributed by atoms with Crippen molar-refractivity contribution in [3.8, 4) is 5.75 Å². The van der Waals surface area contributed by atoms with E-state index < -0.39 is 17.7 Å². The lowest BCUT2D eigenvalue weighted by Gasteiger charge is -2.18. The number of benzene rings is 2. The molecule has 9 heteroatoms. The maximum atomic E-state index is 12.8. The Kier molecular flexibility index (Phi) is 5.18. The van der Waals surface area contributed by atoms with Gasteiger partial charge in [-0.1, -0.05) is 24.3 Å². The highest BCUT2D eigenvalue weighted by Gasteiger charge is 2.35. The molecule has 2 aliphatic rings. The van der Waals surface area contributed by atoms with Crippen molar-refractivity contribution >= 4 is 52.7 Å². The van der Waals surface area contributed by atoms with Gasteiger partial charge in [-0.05, 0) is 48.1 Å². The second-order valence-electron chi connectivity index (χ2n) is 6.72. The third-order valence-electron chi connectivity index (χ3n) is 4.51. The third kappa shape index (κ3) is 3.99. The summed E-state index contributed by atoms with van der Waals surface area (Å²) in [6, 6.07) is 13.2. The largest absolute Gasteiger partial charge is 0.422 e. The van der Waals surface area contributed by atoms with E-state index in [4.69, 9.17) is 17.0 Å². The van der Waals surface area contributed by atoms with Crippen LogP contribution in [-0.2, 0) is 14.4 Å². The van der Waals surface area contributed by atoms with E-state index >= 15 is 0 Å². The van der Waals surface area contributed by atoms with Crippen LogP contribution in [0.3, 0.4) is 0 Å². The van der Waals surface area contributed by atoms with Gasteiger partial charge < -0.3 is 15.4 Å². The Balaban J connectivity index is 1.59. The highest BCUT2D eigenvalue weighted by Crippen LogP contribution is 2.28. The summed E-state index contributed by atoms with van der Waals surface area (Å²) in [5.41, 5.74) is 1.42. The maximum Gasteiger partial charge on any atom is 0.349 e. The van der Waals surface area contributed by atoms with E-state index in [1.165, 1.54) is 19.1 Å². The van der Waals surface area contributed by atoms with Gasteiger partial charge in [-0.2, -0.15) is 0 Å². The molecular weight excluding hydrogens is 418 g/mol.